The molecule has 7 rings (SSSR count). The third-order valence-electron chi connectivity index (χ3n) is 10.7. The lowest BCUT2D eigenvalue weighted by molar-refractivity contribution is -0.143. The van der Waals surface area contributed by atoms with Crippen molar-refractivity contribution in [1.82, 2.24) is 34.7 Å². The summed E-state index contributed by atoms with van der Waals surface area (Å²) in [5.41, 5.74) is 6.45. The first kappa shape index (κ1) is 38.4. The van der Waals surface area contributed by atoms with E-state index in [2.05, 4.69) is 30.1 Å². The first-order valence-electron chi connectivity index (χ1n) is 18.2. The number of rotatable bonds is 13. The van der Waals surface area contributed by atoms with Gasteiger partial charge in [-0.15, -0.1) is 0 Å². The normalized spacial score (nSPS) is 17.8. The van der Waals surface area contributed by atoms with Crippen LogP contribution < -0.4 is 10.1 Å². The fourth-order valence-corrected chi connectivity index (χ4v) is 7.79. The minimum Gasteiger partial charge on any atom is -0.481 e. The van der Waals surface area contributed by atoms with E-state index in [0.717, 1.165) is 48.2 Å². The first-order valence-corrected chi connectivity index (χ1v) is 18.6. The Hall–Kier alpha value is -4.89. The number of benzene rings is 2. The fraction of sp³-hybridized carbons (Fsp3) is 0.400. The lowest BCUT2D eigenvalue weighted by atomic mass is 9.85. The van der Waals surface area contributed by atoms with E-state index in [0.29, 0.717) is 70.5 Å². The number of anilines is 2. The number of carbonyl (C=O) groups is 1. The molecule has 1 saturated heterocycles. The summed E-state index contributed by atoms with van der Waals surface area (Å²) in [6.45, 7) is 4.62. The molecule has 1 aliphatic carbocycles. The standard InChI is InChI=1S/C40H43ClF2N8O4/c1-22-27(7-6-10-30(22)46-37-35-31(47-38(49-37)36(42)43)15-23(16-45-35)18-51-19-26(20-51)54-3)28-8-5-9-29(34(28)41)32-17-44-33(39(48-32)55-4)21-50(2)25-13-11-24(12-14-25)40(52)53/h5-10,15-17,24-26,36H,11-14,18-21H2,1-4H3,(H,52,53)(H,46,47,49). The summed E-state index contributed by atoms with van der Waals surface area (Å²) < 4.78 is 39.1. The summed E-state index contributed by atoms with van der Waals surface area (Å²) in [6, 6.07) is 13.4. The van der Waals surface area contributed by atoms with Crippen molar-refractivity contribution in [2.24, 2.45) is 5.92 Å². The van der Waals surface area contributed by atoms with Gasteiger partial charge in [-0.05, 0) is 68.5 Å². The number of pyridine rings is 1. The molecular formula is C40H43ClF2N8O4. The van der Waals surface area contributed by atoms with Crippen molar-refractivity contribution in [2.45, 2.75) is 64.3 Å². The lowest BCUT2D eigenvalue weighted by Gasteiger charge is -2.38. The van der Waals surface area contributed by atoms with Crippen LogP contribution in [0.15, 0.2) is 54.9 Å². The van der Waals surface area contributed by atoms with Gasteiger partial charge >= 0.3 is 5.97 Å². The summed E-state index contributed by atoms with van der Waals surface area (Å²) >= 11 is 7.13. The minimum atomic E-state index is -2.87. The van der Waals surface area contributed by atoms with Crippen molar-refractivity contribution >= 4 is 40.1 Å². The van der Waals surface area contributed by atoms with Gasteiger partial charge in [0.2, 0.25) is 5.88 Å². The topological polar surface area (TPSA) is 139 Å². The second-order valence-corrected chi connectivity index (χ2v) is 14.6. The maximum absolute atomic E-state index is 14.0. The predicted octanol–water partition coefficient (Wildman–Crippen LogP) is 7.71. The van der Waals surface area contributed by atoms with Gasteiger partial charge in [0.1, 0.15) is 11.2 Å². The molecule has 0 amide bonds. The highest BCUT2D eigenvalue weighted by Gasteiger charge is 2.29. The van der Waals surface area contributed by atoms with Gasteiger partial charge in [-0.2, -0.15) is 0 Å². The Balaban J connectivity index is 1.13. The minimum absolute atomic E-state index is 0.177. The maximum Gasteiger partial charge on any atom is 0.306 e. The molecule has 2 N–H and O–H groups in total. The number of aliphatic carboxylic acids is 1. The molecular weight excluding hydrogens is 730 g/mol. The second-order valence-electron chi connectivity index (χ2n) is 14.2. The van der Waals surface area contributed by atoms with Gasteiger partial charge in [0.15, 0.2) is 11.6 Å². The number of alkyl halides is 2. The Morgan fingerprint density at radius 1 is 1.02 bits per heavy atom. The van der Waals surface area contributed by atoms with E-state index in [1.165, 1.54) is 0 Å². The number of hydrogen-bond donors (Lipinski definition) is 2. The Morgan fingerprint density at radius 2 is 1.75 bits per heavy atom. The van der Waals surface area contributed by atoms with Gasteiger partial charge in [-0.25, -0.2) is 23.7 Å². The van der Waals surface area contributed by atoms with E-state index in [9.17, 15) is 18.7 Å². The van der Waals surface area contributed by atoms with Crippen molar-refractivity contribution in [1.29, 1.82) is 0 Å². The van der Waals surface area contributed by atoms with Crippen LogP contribution in [0.2, 0.25) is 5.02 Å². The summed E-state index contributed by atoms with van der Waals surface area (Å²) in [5, 5.41) is 13.1. The molecule has 1 aliphatic heterocycles. The maximum atomic E-state index is 14.0. The Morgan fingerprint density at radius 3 is 2.45 bits per heavy atom. The molecule has 4 heterocycles. The smallest absolute Gasteiger partial charge is 0.306 e. The number of aromatic nitrogens is 5. The molecule has 0 bridgehead atoms. The largest absolute Gasteiger partial charge is 0.481 e. The third kappa shape index (κ3) is 8.23. The van der Waals surface area contributed by atoms with Crippen LogP contribution >= 0.6 is 11.6 Å². The molecule has 55 heavy (non-hydrogen) atoms. The summed E-state index contributed by atoms with van der Waals surface area (Å²) in [7, 11) is 5.25. The van der Waals surface area contributed by atoms with Gasteiger partial charge in [0.05, 0.1) is 41.6 Å². The number of fused-ring (bicyclic) bond motifs is 1. The number of nitrogens with zero attached hydrogens (tertiary/aromatic N) is 7. The quantitative estimate of drug-likeness (QED) is 0.121. The van der Waals surface area contributed by atoms with Crippen molar-refractivity contribution in [3.05, 3.63) is 82.5 Å². The van der Waals surface area contributed by atoms with E-state index >= 15 is 0 Å². The molecule has 15 heteroatoms. The van der Waals surface area contributed by atoms with Gasteiger partial charge in [0.25, 0.3) is 6.43 Å². The molecule has 0 radical (unpaired) electrons. The summed E-state index contributed by atoms with van der Waals surface area (Å²) in [5.74, 6) is -1.03. The van der Waals surface area contributed by atoms with Gasteiger partial charge in [-0.1, -0.05) is 41.9 Å². The van der Waals surface area contributed by atoms with E-state index < -0.39 is 18.2 Å². The van der Waals surface area contributed by atoms with Crippen LogP contribution in [0.4, 0.5) is 20.3 Å². The van der Waals surface area contributed by atoms with Crippen molar-refractivity contribution < 1.29 is 28.2 Å². The zero-order valence-corrected chi connectivity index (χ0v) is 31.9. The molecule has 2 aliphatic rings. The average Bonchev–Trinajstić information content (AvgIpc) is 3.17. The van der Waals surface area contributed by atoms with Crippen molar-refractivity contribution in [3.63, 3.8) is 0 Å². The van der Waals surface area contributed by atoms with Gasteiger partial charge in [-0.3, -0.25) is 24.6 Å². The monoisotopic (exact) mass is 772 g/mol. The zero-order chi connectivity index (χ0) is 38.8. The van der Waals surface area contributed by atoms with Crippen molar-refractivity contribution in [2.75, 3.05) is 39.7 Å². The molecule has 0 atom stereocenters. The van der Waals surface area contributed by atoms with Crippen LogP contribution in [0.25, 0.3) is 33.4 Å². The molecule has 1 saturated carbocycles. The SMILES string of the molecule is COc1nc(-c2cccc(-c3cccc(Nc4nc(C(F)F)nc5cc(CN6CC(OC)C6)cnc45)c3C)c2Cl)cnc1CN(C)C1CCC(C(=O)O)CC1. The molecule has 0 spiro atoms. The van der Waals surface area contributed by atoms with E-state index in [4.69, 9.17) is 31.0 Å². The Labute approximate surface area is 322 Å². The molecule has 12 nitrogen and oxygen atoms in total. The number of likely N-dealkylation sites (tertiary alicyclic amines) is 1. The van der Waals surface area contributed by atoms with Crippen LogP contribution in [0.3, 0.4) is 0 Å². The average molecular weight is 773 g/mol. The molecule has 2 fully saturated rings. The molecule has 5 aromatic rings. The molecule has 0 unspecified atom stereocenters. The summed E-state index contributed by atoms with van der Waals surface area (Å²) in [4.78, 5) is 38.3. The number of methoxy groups -OCH3 is 2. The van der Waals surface area contributed by atoms with E-state index in [-0.39, 0.29) is 23.9 Å². The number of carboxylic acids is 1. The van der Waals surface area contributed by atoms with Crippen LogP contribution in [0, 0.1) is 12.8 Å². The summed E-state index contributed by atoms with van der Waals surface area (Å²) in [6.07, 6.45) is 3.66. The number of nitrogens with one attached hydrogen (secondary N) is 1. The van der Waals surface area contributed by atoms with Crippen LogP contribution in [-0.2, 0) is 22.6 Å². The number of ether oxygens (including phenoxy) is 2. The predicted molar refractivity (Wildman–Crippen MR) is 206 cm³/mol. The van der Waals surface area contributed by atoms with Crippen LogP contribution in [0.1, 0.15) is 54.8 Å². The van der Waals surface area contributed by atoms with E-state index in [1.54, 1.807) is 32.7 Å². The highest BCUT2D eigenvalue weighted by Crippen LogP contribution is 2.40. The highest BCUT2D eigenvalue weighted by atomic mass is 35.5. The number of carboxylic acid groups (broad SMARTS) is 1. The first-order chi connectivity index (χ1) is 26.5. The fourth-order valence-electron chi connectivity index (χ4n) is 7.46. The lowest BCUT2D eigenvalue weighted by Crippen LogP contribution is -2.50. The Bertz CT molecular complexity index is 2200. The Kier molecular flexibility index (Phi) is 11.5. The van der Waals surface area contributed by atoms with Gasteiger partial charge in [0, 0.05) is 62.3 Å². The molecule has 288 valence electrons. The third-order valence-corrected chi connectivity index (χ3v) is 11.1. The molecule has 3 aromatic heterocycles. The van der Waals surface area contributed by atoms with Crippen LogP contribution in [-0.4, -0.2) is 92.3 Å². The number of halogens is 3. The zero-order valence-electron chi connectivity index (χ0n) is 31.1. The highest BCUT2D eigenvalue weighted by molar-refractivity contribution is 6.36. The molecule has 2 aromatic carbocycles. The second kappa shape index (κ2) is 16.5. The van der Waals surface area contributed by atoms with E-state index in [1.807, 2.05) is 50.4 Å². The van der Waals surface area contributed by atoms with Crippen molar-refractivity contribution in [3.8, 4) is 28.3 Å². The number of hydrogen-bond acceptors (Lipinski definition) is 11. The van der Waals surface area contributed by atoms with Gasteiger partial charge < -0.3 is 19.9 Å². The van der Waals surface area contributed by atoms with Crippen LogP contribution in [0.5, 0.6) is 5.88 Å².